The number of benzene rings is 2. The summed E-state index contributed by atoms with van der Waals surface area (Å²) >= 11 is 12.0. The topological polar surface area (TPSA) is 82.2 Å². The van der Waals surface area contributed by atoms with Crippen LogP contribution in [0.1, 0.15) is 12.5 Å². The van der Waals surface area contributed by atoms with E-state index >= 15 is 0 Å². The fraction of sp³-hybridized carbons (Fsp3) is 0.111. The molecule has 0 aliphatic rings. The number of carbonyl (C=O) groups is 1. The van der Waals surface area contributed by atoms with Crippen LogP contribution in [-0.2, 0) is 10.4 Å². The molecule has 128 valence electrons. The molecule has 7 heteroatoms. The SMILES string of the molecule is C[C@](O)(C(=O)Nc1cc2cc[nH]c(=O)c2cc1Cl)c1ccc(Cl)cc1. The Morgan fingerprint density at radius 1 is 1.16 bits per heavy atom. The molecule has 1 amide bonds. The van der Waals surface area contributed by atoms with Gasteiger partial charge in [0.05, 0.1) is 10.7 Å². The Balaban J connectivity index is 1.95. The fourth-order valence-corrected chi connectivity index (χ4v) is 2.79. The first-order chi connectivity index (χ1) is 11.8. The summed E-state index contributed by atoms with van der Waals surface area (Å²) in [5, 5.41) is 14.9. The van der Waals surface area contributed by atoms with Crippen molar-refractivity contribution in [2.75, 3.05) is 5.32 Å². The zero-order chi connectivity index (χ0) is 18.2. The Labute approximate surface area is 153 Å². The molecule has 5 nitrogen and oxygen atoms in total. The van der Waals surface area contributed by atoms with Crippen molar-refractivity contribution in [3.63, 3.8) is 0 Å². The monoisotopic (exact) mass is 376 g/mol. The average molecular weight is 377 g/mol. The highest BCUT2D eigenvalue weighted by Crippen LogP contribution is 2.29. The lowest BCUT2D eigenvalue weighted by atomic mass is 9.95. The van der Waals surface area contributed by atoms with E-state index in [1.807, 2.05) is 0 Å². The highest BCUT2D eigenvalue weighted by molar-refractivity contribution is 6.34. The van der Waals surface area contributed by atoms with Gasteiger partial charge in [-0.25, -0.2) is 0 Å². The minimum absolute atomic E-state index is 0.199. The van der Waals surface area contributed by atoms with Gasteiger partial charge in [-0.05, 0) is 48.2 Å². The van der Waals surface area contributed by atoms with Gasteiger partial charge in [0.2, 0.25) is 0 Å². The minimum atomic E-state index is -1.78. The molecule has 0 saturated carbocycles. The summed E-state index contributed by atoms with van der Waals surface area (Å²) in [5.41, 5.74) is -1.36. The Bertz CT molecular complexity index is 1010. The van der Waals surface area contributed by atoms with Crippen molar-refractivity contribution in [1.82, 2.24) is 4.98 Å². The number of fused-ring (bicyclic) bond motifs is 1. The molecule has 3 N–H and O–H groups in total. The van der Waals surface area contributed by atoms with Gasteiger partial charge >= 0.3 is 0 Å². The van der Waals surface area contributed by atoms with Gasteiger partial charge < -0.3 is 15.4 Å². The van der Waals surface area contributed by atoms with Crippen LogP contribution in [0.15, 0.2) is 53.5 Å². The van der Waals surface area contributed by atoms with Gasteiger partial charge in [-0.1, -0.05) is 35.3 Å². The molecule has 3 aromatic rings. The second-order valence-corrected chi connectivity index (χ2v) is 6.60. The average Bonchev–Trinajstić information content (AvgIpc) is 2.57. The molecular weight excluding hydrogens is 363 g/mol. The van der Waals surface area contributed by atoms with E-state index in [1.165, 1.54) is 19.2 Å². The largest absolute Gasteiger partial charge is 0.376 e. The second-order valence-electron chi connectivity index (χ2n) is 5.76. The summed E-state index contributed by atoms with van der Waals surface area (Å²) < 4.78 is 0. The molecule has 1 aromatic heterocycles. The minimum Gasteiger partial charge on any atom is -0.376 e. The molecule has 0 spiro atoms. The molecule has 0 aliphatic carbocycles. The van der Waals surface area contributed by atoms with Crippen LogP contribution in [0.3, 0.4) is 0 Å². The first-order valence-corrected chi connectivity index (χ1v) is 8.15. The number of aromatic nitrogens is 1. The van der Waals surface area contributed by atoms with Gasteiger partial charge in [0, 0.05) is 16.6 Å². The van der Waals surface area contributed by atoms with E-state index in [-0.39, 0.29) is 10.6 Å². The number of anilines is 1. The lowest BCUT2D eigenvalue weighted by molar-refractivity contribution is -0.133. The zero-order valence-corrected chi connectivity index (χ0v) is 14.7. The fourth-order valence-electron chi connectivity index (χ4n) is 2.45. The van der Waals surface area contributed by atoms with Crippen molar-refractivity contribution in [3.05, 3.63) is 74.6 Å². The molecule has 2 aromatic carbocycles. The van der Waals surface area contributed by atoms with E-state index in [4.69, 9.17) is 23.2 Å². The van der Waals surface area contributed by atoms with E-state index in [0.29, 0.717) is 27.0 Å². The lowest BCUT2D eigenvalue weighted by Crippen LogP contribution is -2.37. The van der Waals surface area contributed by atoms with Gasteiger partial charge in [-0.2, -0.15) is 0 Å². The van der Waals surface area contributed by atoms with Crippen molar-refractivity contribution in [3.8, 4) is 0 Å². The Kier molecular flexibility index (Phi) is 4.56. The summed E-state index contributed by atoms with van der Waals surface area (Å²) in [7, 11) is 0. The first kappa shape index (κ1) is 17.5. The highest BCUT2D eigenvalue weighted by Gasteiger charge is 2.32. The zero-order valence-electron chi connectivity index (χ0n) is 13.1. The first-order valence-electron chi connectivity index (χ1n) is 7.40. The van der Waals surface area contributed by atoms with E-state index < -0.39 is 11.5 Å². The molecule has 1 heterocycles. The van der Waals surface area contributed by atoms with Gasteiger partial charge in [-0.3, -0.25) is 9.59 Å². The highest BCUT2D eigenvalue weighted by atomic mass is 35.5. The van der Waals surface area contributed by atoms with Crippen molar-refractivity contribution >= 4 is 45.6 Å². The van der Waals surface area contributed by atoms with E-state index in [1.54, 1.807) is 36.4 Å². The summed E-state index contributed by atoms with van der Waals surface area (Å²) in [6.07, 6.45) is 1.51. The molecule has 25 heavy (non-hydrogen) atoms. The van der Waals surface area contributed by atoms with Crippen LogP contribution in [0.2, 0.25) is 10.0 Å². The van der Waals surface area contributed by atoms with Crippen LogP contribution in [-0.4, -0.2) is 16.0 Å². The van der Waals surface area contributed by atoms with Gasteiger partial charge in [-0.15, -0.1) is 0 Å². The standard InChI is InChI=1S/C18H14Cl2N2O3/c1-18(25,11-2-4-12(19)5-3-11)17(24)22-15-8-10-6-7-21-16(23)13(10)9-14(15)20/h2-9,25H,1H3,(H,21,23)(H,22,24)/t18-/m1/s1. The quantitative estimate of drug-likeness (QED) is 0.651. The van der Waals surface area contributed by atoms with Crippen LogP contribution < -0.4 is 10.9 Å². The maximum Gasteiger partial charge on any atom is 0.260 e. The number of hydrogen-bond donors (Lipinski definition) is 3. The van der Waals surface area contributed by atoms with Gasteiger partial charge in [0.1, 0.15) is 0 Å². The number of aromatic amines is 1. The van der Waals surface area contributed by atoms with Crippen LogP contribution in [0, 0.1) is 0 Å². The number of rotatable bonds is 3. The summed E-state index contributed by atoms with van der Waals surface area (Å²) in [6.45, 7) is 1.38. The predicted molar refractivity (Wildman–Crippen MR) is 99.2 cm³/mol. The van der Waals surface area contributed by atoms with Crippen LogP contribution >= 0.6 is 23.2 Å². The molecule has 0 radical (unpaired) electrons. The third kappa shape index (κ3) is 3.39. The number of pyridine rings is 1. The molecule has 1 atom stereocenters. The Morgan fingerprint density at radius 2 is 1.84 bits per heavy atom. The number of nitrogens with one attached hydrogen (secondary N) is 2. The number of carbonyl (C=O) groups excluding carboxylic acids is 1. The molecule has 0 aliphatic heterocycles. The number of H-pyrrole nitrogens is 1. The van der Waals surface area contributed by atoms with Crippen molar-refractivity contribution in [1.29, 1.82) is 0 Å². The number of halogens is 2. The maximum atomic E-state index is 12.6. The Hall–Kier alpha value is -2.34. The molecule has 0 unspecified atom stereocenters. The summed E-state index contributed by atoms with van der Waals surface area (Å²) in [5.74, 6) is -0.652. The second kappa shape index (κ2) is 6.52. The summed E-state index contributed by atoms with van der Waals surface area (Å²) in [4.78, 5) is 26.9. The van der Waals surface area contributed by atoms with Crippen molar-refractivity contribution < 1.29 is 9.90 Å². The number of aliphatic hydroxyl groups is 1. The Morgan fingerprint density at radius 3 is 2.52 bits per heavy atom. The van der Waals surface area contributed by atoms with Crippen molar-refractivity contribution in [2.45, 2.75) is 12.5 Å². The maximum absolute atomic E-state index is 12.6. The predicted octanol–water partition coefficient (Wildman–Crippen LogP) is 3.68. The van der Waals surface area contributed by atoms with Gasteiger partial charge in [0.15, 0.2) is 5.60 Å². The van der Waals surface area contributed by atoms with Crippen LogP contribution in [0.5, 0.6) is 0 Å². The normalized spacial score (nSPS) is 13.4. The van der Waals surface area contributed by atoms with E-state index in [9.17, 15) is 14.7 Å². The molecule has 0 saturated heterocycles. The molecule has 0 fully saturated rings. The molecular formula is C18H14Cl2N2O3. The van der Waals surface area contributed by atoms with E-state index in [0.717, 1.165) is 0 Å². The molecule has 0 bridgehead atoms. The number of amides is 1. The van der Waals surface area contributed by atoms with Crippen LogP contribution in [0.4, 0.5) is 5.69 Å². The smallest absolute Gasteiger partial charge is 0.260 e. The van der Waals surface area contributed by atoms with Crippen molar-refractivity contribution in [2.24, 2.45) is 0 Å². The van der Waals surface area contributed by atoms with Gasteiger partial charge in [0.25, 0.3) is 11.5 Å². The van der Waals surface area contributed by atoms with Crippen LogP contribution in [0.25, 0.3) is 10.8 Å². The lowest BCUT2D eigenvalue weighted by Gasteiger charge is -2.23. The van der Waals surface area contributed by atoms with E-state index in [2.05, 4.69) is 10.3 Å². The number of hydrogen-bond acceptors (Lipinski definition) is 3. The third-order valence-electron chi connectivity index (χ3n) is 3.96. The summed E-state index contributed by atoms with van der Waals surface area (Å²) in [6, 6.07) is 11.1. The third-order valence-corrected chi connectivity index (χ3v) is 4.52. The molecule has 3 rings (SSSR count).